The van der Waals surface area contributed by atoms with E-state index in [0.29, 0.717) is 28.5 Å². The first-order valence-electron chi connectivity index (χ1n) is 13.6. The highest BCUT2D eigenvalue weighted by Crippen LogP contribution is 2.40. The molecule has 2 aromatic carbocycles. The van der Waals surface area contributed by atoms with Crippen LogP contribution in [0, 0.1) is 32.1 Å². The van der Waals surface area contributed by atoms with Gasteiger partial charge in [0.1, 0.15) is 22.6 Å². The second-order valence-corrected chi connectivity index (χ2v) is 11.3. The SMILES string of the molecule is COC(=O)C[C@@H]1N=C(c2ccc(-c3ccc(OCC(=O)OC(=O)C(F)(F)F)cc3C#N)cc2)c2c(sc(C)c2C)-n2c(C)nnc21. The highest BCUT2D eigenvalue weighted by Gasteiger charge is 2.42. The first-order valence-corrected chi connectivity index (χ1v) is 14.4. The van der Waals surface area contributed by atoms with Crippen LogP contribution in [-0.4, -0.2) is 58.3 Å². The second-order valence-electron chi connectivity index (χ2n) is 10.1. The normalized spacial score (nSPS) is 13.9. The Morgan fingerprint density at radius 2 is 1.72 bits per heavy atom. The van der Waals surface area contributed by atoms with Crippen LogP contribution in [0.15, 0.2) is 47.5 Å². The van der Waals surface area contributed by atoms with E-state index < -0.39 is 36.7 Å². The van der Waals surface area contributed by atoms with E-state index in [9.17, 15) is 32.8 Å². The van der Waals surface area contributed by atoms with Crippen LogP contribution < -0.4 is 4.74 Å². The Morgan fingerprint density at radius 1 is 1.02 bits per heavy atom. The van der Waals surface area contributed by atoms with Gasteiger partial charge in [-0.25, -0.2) is 9.59 Å². The van der Waals surface area contributed by atoms with E-state index in [0.717, 1.165) is 26.6 Å². The standard InChI is InChI=1S/C31H24F3N5O6S/c1-15-16(2)46-29-26(15)27(36-23(12-24(40)43-4)28-38-37-17(3)39(28)29)19-7-5-18(6-8-19)22-10-9-21(11-20(22)13-35)44-14-25(41)45-30(42)31(32,33)34/h5-11,23H,12,14H2,1-4H3/t23-/m0/s1. The van der Waals surface area contributed by atoms with Gasteiger partial charge < -0.3 is 14.2 Å². The molecule has 0 fully saturated rings. The summed E-state index contributed by atoms with van der Waals surface area (Å²) in [4.78, 5) is 40.9. The number of rotatable bonds is 7. The molecule has 4 aromatic rings. The third kappa shape index (κ3) is 6.24. The molecule has 0 radical (unpaired) electrons. The molecule has 0 saturated carbocycles. The van der Waals surface area contributed by atoms with Crippen LogP contribution in [0.2, 0.25) is 0 Å². The Morgan fingerprint density at radius 3 is 2.37 bits per heavy atom. The van der Waals surface area contributed by atoms with Crippen molar-refractivity contribution in [1.29, 1.82) is 5.26 Å². The Kier molecular flexibility index (Phi) is 8.75. The van der Waals surface area contributed by atoms with Gasteiger partial charge in [-0.2, -0.15) is 18.4 Å². The van der Waals surface area contributed by atoms with E-state index in [4.69, 9.17) is 14.5 Å². The molecule has 0 amide bonds. The number of halogens is 3. The lowest BCUT2D eigenvalue weighted by Gasteiger charge is -2.13. The molecule has 236 valence electrons. The summed E-state index contributed by atoms with van der Waals surface area (Å²) < 4.78 is 52.6. The number of aromatic nitrogens is 3. The number of aliphatic imine (C=N–C) groups is 1. The largest absolute Gasteiger partial charge is 0.491 e. The molecule has 2 aromatic heterocycles. The van der Waals surface area contributed by atoms with Crippen molar-refractivity contribution in [3.63, 3.8) is 0 Å². The summed E-state index contributed by atoms with van der Waals surface area (Å²) in [6.07, 6.45) is -5.36. The molecule has 0 unspecified atom stereocenters. The molecule has 46 heavy (non-hydrogen) atoms. The van der Waals surface area contributed by atoms with Crippen molar-refractivity contribution >= 4 is 35.0 Å². The van der Waals surface area contributed by atoms with Crippen LogP contribution >= 0.6 is 11.3 Å². The second kappa shape index (κ2) is 12.6. The molecule has 0 N–H and O–H groups in total. The number of hydrogen-bond acceptors (Lipinski definition) is 11. The summed E-state index contributed by atoms with van der Waals surface area (Å²) in [5.41, 5.74) is 4.66. The molecule has 1 aliphatic heterocycles. The number of thiophene rings is 1. The van der Waals surface area contributed by atoms with Crippen molar-refractivity contribution in [3.05, 3.63) is 81.2 Å². The maximum atomic E-state index is 12.4. The maximum Gasteiger partial charge on any atom is 0.491 e. The number of benzene rings is 2. The lowest BCUT2D eigenvalue weighted by molar-refractivity contribution is -0.202. The molecule has 1 aliphatic rings. The maximum absolute atomic E-state index is 12.4. The first kappa shape index (κ1) is 32.0. The first-order chi connectivity index (χ1) is 21.8. The quantitative estimate of drug-likeness (QED) is 0.193. The molecular weight excluding hydrogens is 627 g/mol. The van der Waals surface area contributed by atoms with Gasteiger partial charge in [-0.05, 0) is 55.7 Å². The number of alkyl halides is 3. The zero-order chi connectivity index (χ0) is 33.3. The summed E-state index contributed by atoms with van der Waals surface area (Å²) in [5.74, 6) is -3.44. The number of nitriles is 1. The van der Waals surface area contributed by atoms with Crippen LogP contribution in [0.4, 0.5) is 13.2 Å². The highest BCUT2D eigenvalue weighted by molar-refractivity contribution is 7.15. The van der Waals surface area contributed by atoms with Crippen LogP contribution in [0.25, 0.3) is 16.1 Å². The monoisotopic (exact) mass is 651 g/mol. The molecule has 11 nitrogen and oxygen atoms in total. The molecular formula is C31H24F3N5O6S. The van der Waals surface area contributed by atoms with E-state index in [-0.39, 0.29) is 17.7 Å². The topological polar surface area (TPSA) is 146 Å². The minimum absolute atomic E-state index is 0.0101. The number of esters is 3. The smallest absolute Gasteiger partial charge is 0.482 e. The molecule has 1 atom stereocenters. The molecule has 0 saturated heterocycles. The van der Waals surface area contributed by atoms with Gasteiger partial charge in [0.2, 0.25) is 0 Å². The average Bonchev–Trinajstić information content (AvgIpc) is 3.50. The highest BCUT2D eigenvalue weighted by atomic mass is 32.1. The summed E-state index contributed by atoms with van der Waals surface area (Å²) >= 11 is 1.57. The van der Waals surface area contributed by atoms with Crippen molar-refractivity contribution < 1.29 is 41.8 Å². The molecule has 5 rings (SSSR count). The predicted octanol–water partition coefficient (Wildman–Crippen LogP) is 5.26. The number of ether oxygens (including phenoxy) is 3. The Labute approximate surface area is 263 Å². The Balaban J connectivity index is 1.45. The number of aryl methyl sites for hydroxylation is 2. The van der Waals surface area contributed by atoms with Crippen molar-refractivity contribution in [1.82, 2.24) is 14.8 Å². The lowest BCUT2D eigenvalue weighted by atomic mass is 9.95. The van der Waals surface area contributed by atoms with E-state index in [1.54, 1.807) is 29.5 Å². The lowest BCUT2D eigenvalue weighted by Crippen LogP contribution is -2.30. The van der Waals surface area contributed by atoms with Crippen LogP contribution in [0.5, 0.6) is 5.75 Å². The molecule has 3 heterocycles. The number of carbonyl (C=O) groups is 3. The third-order valence-corrected chi connectivity index (χ3v) is 8.40. The van der Waals surface area contributed by atoms with E-state index in [2.05, 4.69) is 14.9 Å². The summed E-state index contributed by atoms with van der Waals surface area (Å²) in [7, 11) is 1.31. The fourth-order valence-corrected chi connectivity index (χ4v) is 6.08. The summed E-state index contributed by atoms with van der Waals surface area (Å²) in [6, 6.07) is 13.0. The van der Waals surface area contributed by atoms with Crippen molar-refractivity contribution in [2.75, 3.05) is 13.7 Å². The molecule has 15 heteroatoms. The van der Waals surface area contributed by atoms with Gasteiger partial charge in [0.15, 0.2) is 12.4 Å². The van der Waals surface area contributed by atoms with Gasteiger partial charge in [0, 0.05) is 16.0 Å². The van der Waals surface area contributed by atoms with Gasteiger partial charge in [-0.1, -0.05) is 24.3 Å². The van der Waals surface area contributed by atoms with Crippen molar-refractivity contribution in [2.24, 2.45) is 4.99 Å². The fourth-order valence-electron chi connectivity index (χ4n) is 4.86. The Bertz CT molecular complexity index is 1940. The number of fused-ring (bicyclic) bond motifs is 3. The van der Waals surface area contributed by atoms with Crippen LogP contribution in [0.1, 0.15) is 51.2 Å². The number of hydrogen-bond donors (Lipinski definition) is 0. The van der Waals surface area contributed by atoms with Gasteiger partial charge in [0.05, 0.1) is 30.9 Å². The zero-order valence-corrected chi connectivity index (χ0v) is 25.6. The Hall–Kier alpha value is -5.36. The number of nitrogens with zero attached hydrogens (tertiary/aromatic N) is 5. The van der Waals surface area contributed by atoms with Gasteiger partial charge in [-0.15, -0.1) is 21.5 Å². The minimum Gasteiger partial charge on any atom is -0.482 e. The van der Waals surface area contributed by atoms with E-state index in [1.807, 2.05) is 43.5 Å². The summed E-state index contributed by atoms with van der Waals surface area (Å²) in [6.45, 7) is 4.88. The average molecular weight is 652 g/mol. The number of methoxy groups -OCH3 is 1. The van der Waals surface area contributed by atoms with Gasteiger partial charge in [0.25, 0.3) is 0 Å². The summed E-state index contributed by atoms with van der Waals surface area (Å²) in [5, 5.41) is 19.3. The number of carbonyl (C=O) groups excluding carboxylic acids is 3. The van der Waals surface area contributed by atoms with Crippen LogP contribution in [-0.2, 0) is 23.9 Å². The van der Waals surface area contributed by atoms with Crippen molar-refractivity contribution in [3.8, 4) is 27.9 Å². The molecule has 0 aliphatic carbocycles. The van der Waals surface area contributed by atoms with Crippen molar-refractivity contribution in [2.45, 2.75) is 39.4 Å². The van der Waals surface area contributed by atoms with Gasteiger partial charge >= 0.3 is 24.1 Å². The minimum atomic E-state index is -5.32. The zero-order valence-electron chi connectivity index (χ0n) is 24.8. The predicted molar refractivity (Wildman–Crippen MR) is 158 cm³/mol. The van der Waals surface area contributed by atoms with Gasteiger partial charge in [-0.3, -0.25) is 14.4 Å². The third-order valence-electron chi connectivity index (χ3n) is 7.20. The van der Waals surface area contributed by atoms with E-state index >= 15 is 0 Å². The fraction of sp³-hybridized carbons (Fsp3) is 0.258. The molecule has 0 bridgehead atoms. The van der Waals surface area contributed by atoms with Crippen LogP contribution in [0.3, 0.4) is 0 Å². The van der Waals surface area contributed by atoms with E-state index in [1.165, 1.54) is 19.2 Å². The molecule has 0 spiro atoms.